The normalized spacial score (nSPS) is 10.8. The minimum atomic E-state index is -0.283. The van der Waals surface area contributed by atoms with Crippen LogP contribution < -0.4 is 5.32 Å². The summed E-state index contributed by atoms with van der Waals surface area (Å²) in [5, 5.41) is 3.63. The molecule has 0 fully saturated rings. The first-order valence-corrected chi connectivity index (χ1v) is 6.23. The molecule has 18 heavy (non-hydrogen) atoms. The molecule has 1 heterocycles. The molecule has 0 aliphatic rings. The van der Waals surface area contributed by atoms with Gasteiger partial charge in [0.25, 0.3) is 0 Å². The Morgan fingerprint density at radius 3 is 3.06 bits per heavy atom. The first kappa shape index (κ1) is 12.6. The average molecular weight is 248 g/mol. The van der Waals surface area contributed by atoms with Gasteiger partial charge in [0.2, 0.25) is 5.91 Å². The highest BCUT2D eigenvalue weighted by atomic mass is 19.1. The Hall–Kier alpha value is -1.84. The number of carbonyl (C=O) groups is 1. The van der Waals surface area contributed by atoms with Gasteiger partial charge in [0.1, 0.15) is 5.82 Å². The third-order valence-corrected chi connectivity index (χ3v) is 2.93. The van der Waals surface area contributed by atoms with Gasteiger partial charge in [0.15, 0.2) is 0 Å². The number of aromatic nitrogens is 1. The molecule has 0 bridgehead atoms. The quantitative estimate of drug-likeness (QED) is 0.785. The summed E-state index contributed by atoms with van der Waals surface area (Å²) < 4.78 is 13.2. The fraction of sp³-hybridized carbons (Fsp3) is 0.357. The van der Waals surface area contributed by atoms with Gasteiger partial charge in [0.05, 0.1) is 6.42 Å². The van der Waals surface area contributed by atoms with Gasteiger partial charge in [-0.3, -0.25) is 4.79 Å². The number of nitrogens with one attached hydrogen (secondary N) is 2. The molecule has 2 rings (SSSR count). The first-order chi connectivity index (χ1) is 8.70. The van der Waals surface area contributed by atoms with Crippen molar-refractivity contribution in [1.82, 2.24) is 10.3 Å². The average Bonchev–Trinajstić information content (AvgIpc) is 2.72. The molecule has 0 saturated heterocycles. The highest BCUT2D eigenvalue weighted by Crippen LogP contribution is 2.19. The molecule has 0 spiro atoms. The smallest absolute Gasteiger partial charge is 0.224 e. The van der Waals surface area contributed by atoms with E-state index in [9.17, 15) is 9.18 Å². The number of halogens is 1. The molecule has 2 N–H and O–H groups in total. The minimum Gasteiger partial charge on any atom is -0.361 e. The van der Waals surface area contributed by atoms with Crippen molar-refractivity contribution < 1.29 is 9.18 Å². The van der Waals surface area contributed by atoms with Crippen LogP contribution in [-0.4, -0.2) is 17.4 Å². The predicted octanol–water partition coefficient (Wildman–Crippen LogP) is 2.77. The molecular weight excluding hydrogens is 231 g/mol. The van der Waals surface area contributed by atoms with E-state index in [-0.39, 0.29) is 18.1 Å². The highest BCUT2D eigenvalue weighted by Gasteiger charge is 2.09. The van der Waals surface area contributed by atoms with E-state index in [0.717, 1.165) is 29.3 Å². The third kappa shape index (κ3) is 2.88. The van der Waals surface area contributed by atoms with E-state index in [1.807, 2.05) is 0 Å². The Morgan fingerprint density at radius 2 is 2.28 bits per heavy atom. The number of carbonyl (C=O) groups excluding carboxylic acids is 1. The van der Waals surface area contributed by atoms with Crippen LogP contribution in [0.15, 0.2) is 24.4 Å². The number of H-pyrrole nitrogens is 1. The van der Waals surface area contributed by atoms with Crippen molar-refractivity contribution in [2.75, 3.05) is 6.54 Å². The number of rotatable bonds is 5. The van der Waals surface area contributed by atoms with Gasteiger partial charge >= 0.3 is 0 Å². The Balaban J connectivity index is 2.07. The molecule has 96 valence electrons. The molecule has 0 aliphatic carbocycles. The second-order valence-electron chi connectivity index (χ2n) is 4.38. The second-order valence-corrected chi connectivity index (χ2v) is 4.38. The van der Waals surface area contributed by atoms with Crippen LogP contribution >= 0.6 is 0 Å². The van der Waals surface area contributed by atoms with Crippen LogP contribution in [0.2, 0.25) is 0 Å². The van der Waals surface area contributed by atoms with Gasteiger partial charge in [-0.25, -0.2) is 4.39 Å². The van der Waals surface area contributed by atoms with E-state index in [0.29, 0.717) is 6.54 Å². The summed E-state index contributed by atoms with van der Waals surface area (Å²) in [7, 11) is 0. The lowest BCUT2D eigenvalue weighted by molar-refractivity contribution is -0.120. The van der Waals surface area contributed by atoms with Crippen LogP contribution in [-0.2, 0) is 11.2 Å². The van der Waals surface area contributed by atoms with Crippen LogP contribution in [0.1, 0.15) is 25.3 Å². The molecule has 1 aromatic heterocycles. The molecule has 0 radical (unpaired) electrons. The fourth-order valence-corrected chi connectivity index (χ4v) is 1.94. The van der Waals surface area contributed by atoms with Crippen LogP contribution in [0.3, 0.4) is 0 Å². The zero-order valence-electron chi connectivity index (χ0n) is 10.4. The number of hydrogen-bond acceptors (Lipinski definition) is 1. The molecule has 0 unspecified atom stereocenters. The maximum atomic E-state index is 13.2. The van der Waals surface area contributed by atoms with Gasteiger partial charge in [-0.15, -0.1) is 0 Å². The summed E-state index contributed by atoms with van der Waals surface area (Å²) in [6.45, 7) is 2.78. The Bertz CT molecular complexity index is 548. The number of fused-ring (bicyclic) bond motifs is 1. The van der Waals surface area contributed by atoms with Crippen molar-refractivity contribution in [2.45, 2.75) is 26.2 Å². The summed E-state index contributed by atoms with van der Waals surface area (Å²) in [5.41, 5.74) is 1.69. The Labute approximate surface area is 105 Å². The van der Waals surface area contributed by atoms with E-state index in [1.54, 1.807) is 12.3 Å². The number of aromatic amines is 1. The van der Waals surface area contributed by atoms with E-state index in [2.05, 4.69) is 17.2 Å². The van der Waals surface area contributed by atoms with Crippen molar-refractivity contribution in [1.29, 1.82) is 0 Å². The summed E-state index contributed by atoms with van der Waals surface area (Å²) in [6.07, 6.45) is 4.09. The molecule has 1 aromatic carbocycles. The largest absolute Gasteiger partial charge is 0.361 e. The zero-order valence-corrected chi connectivity index (χ0v) is 10.4. The van der Waals surface area contributed by atoms with E-state index >= 15 is 0 Å². The molecular formula is C14H17FN2O. The van der Waals surface area contributed by atoms with Gasteiger partial charge in [-0.2, -0.15) is 0 Å². The number of unbranched alkanes of at least 4 members (excludes halogenated alkanes) is 1. The second kappa shape index (κ2) is 5.67. The topological polar surface area (TPSA) is 44.9 Å². The molecule has 2 aromatic rings. The van der Waals surface area contributed by atoms with Gasteiger partial charge in [0, 0.05) is 23.6 Å². The van der Waals surface area contributed by atoms with Crippen LogP contribution in [0.4, 0.5) is 4.39 Å². The van der Waals surface area contributed by atoms with Crippen molar-refractivity contribution in [3.8, 4) is 0 Å². The Kier molecular flexibility index (Phi) is 3.97. The lowest BCUT2D eigenvalue weighted by Gasteiger charge is -2.03. The maximum absolute atomic E-state index is 13.2. The highest BCUT2D eigenvalue weighted by molar-refractivity contribution is 5.88. The van der Waals surface area contributed by atoms with Crippen molar-refractivity contribution in [3.63, 3.8) is 0 Å². The standard InChI is InChI=1S/C14H17FN2O/c1-2-3-6-16-14(18)7-10-9-17-13-5-4-11(15)8-12(10)13/h4-5,8-9,17H,2-3,6-7H2,1H3,(H,16,18). The monoisotopic (exact) mass is 248 g/mol. The number of hydrogen-bond donors (Lipinski definition) is 2. The lowest BCUT2D eigenvalue weighted by atomic mass is 10.1. The first-order valence-electron chi connectivity index (χ1n) is 6.23. The molecule has 0 atom stereocenters. The molecule has 4 heteroatoms. The van der Waals surface area contributed by atoms with Crippen molar-refractivity contribution in [2.24, 2.45) is 0 Å². The van der Waals surface area contributed by atoms with Crippen LogP contribution in [0.25, 0.3) is 10.9 Å². The molecule has 1 amide bonds. The Morgan fingerprint density at radius 1 is 1.44 bits per heavy atom. The van der Waals surface area contributed by atoms with Crippen LogP contribution in [0.5, 0.6) is 0 Å². The summed E-state index contributed by atoms with van der Waals surface area (Å²) in [4.78, 5) is 14.7. The predicted molar refractivity (Wildman–Crippen MR) is 69.9 cm³/mol. The van der Waals surface area contributed by atoms with E-state index < -0.39 is 0 Å². The van der Waals surface area contributed by atoms with Gasteiger partial charge in [-0.05, 0) is 30.2 Å². The fourth-order valence-electron chi connectivity index (χ4n) is 1.94. The minimum absolute atomic E-state index is 0.0198. The molecule has 0 aliphatic heterocycles. The van der Waals surface area contributed by atoms with Crippen molar-refractivity contribution in [3.05, 3.63) is 35.8 Å². The summed E-state index contributed by atoms with van der Waals surface area (Å²) in [6, 6.07) is 4.55. The lowest BCUT2D eigenvalue weighted by Crippen LogP contribution is -2.25. The van der Waals surface area contributed by atoms with Gasteiger partial charge < -0.3 is 10.3 Å². The number of amides is 1. The summed E-state index contributed by atoms with van der Waals surface area (Å²) in [5.74, 6) is -0.302. The maximum Gasteiger partial charge on any atom is 0.224 e. The van der Waals surface area contributed by atoms with E-state index in [4.69, 9.17) is 0 Å². The molecule has 3 nitrogen and oxygen atoms in total. The van der Waals surface area contributed by atoms with E-state index in [1.165, 1.54) is 12.1 Å². The molecule has 0 saturated carbocycles. The third-order valence-electron chi connectivity index (χ3n) is 2.93. The zero-order chi connectivity index (χ0) is 13.0. The van der Waals surface area contributed by atoms with Gasteiger partial charge in [-0.1, -0.05) is 13.3 Å². The van der Waals surface area contributed by atoms with Crippen LogP contribution in [0, 0.1) is 5.82 Å². The number of benzene rings is 1. The SMILES string of the molecule is CCCCNC(=O)Cc1c[nH]c2ccc(F)cc12. The summed E-state index contributed by atoms with van der Waals surface area (Å²) >= 11 is 0. The van der Waals surface area contributed by atoms with Crippen molar-refractivity contribution >= 4 is 16.8 Å².